The Morgan fingerprint density at radius 1 is 1.37 bits per heavy atom. The molecule has 0 spiro atoms. The fraction of sp³-hybridized carbons (Fsp3) is 0.333. The monoisotopic (exact) mass is 255 g/mol. The maximum absolute atomic E-state index is 12.0. The summed E-state index contributed by atoms with van der Waals surface area (Å²) in [6, 6.07) is 9.72. The number of anilines is 1. The Hall–Kier alpha value is -2.10. The molecule has 0 unspecified atom stereocenters. The standard InChI is InChI=1S/C15H17N3O/c1-10-14(12-7-8-12)17-18-15(10)16-13(19)9-11-5-3-2-4-6-11/h2-6,12H,7-9H2,1H3,(H2,16,17,18,19). The van der Waals surface area contributed by atoms with Crippen molar-refractivity contribution in [2.45, 2.75) is 32.1 Å². The van der Waals surface area contributed by atoms with E-state index in [2.05, 4.69) is 15.5 Å². The molecule has 4 nitrogen and oxygen atoms in total. The first-order valence-electron chi connectivity index (χ1n) is 6.62. The molecule has 0 bridgehead atoms. The van der Waals surface area contributed by atoms with Gasteiger partial charge in [0.1, 0.15) is 0 Å². The van der Waals surface area contributed by atoms with E-state index in [9.17, 15) is 4.79 Å². The zero-order chi connectivity index (χ0) is 13.2. The van der Waals surface area contributed by atoms with Gasteiger partial charge in [0.25, 0.3) is 0 Å². The minimum absolute atomic E-state index is 0.0249. The first-order chi connectivity index (χ1) is 9.24. The summed E-state index contributed by atoms with van der Waals surface area (Å²) in [5, 5.41) is 10.1. The molecule has 2 N–H and O–H groups in total. The van der Waals surface area contributed by atoms with Gasteiger partial charge < -0.3 is 5.32 Å². The minimum Gasteiger partial charge on any atom is -0.309 e. The Morgan fingerprint density at radius 2 is 2.11 bits per heavy atom. The highest BCUT2D eigenvalue weighted by Gasteiger charge is 2.28. The largest absolute Gasteiger partial charge is 0.309 e. The molecule has 3 rings (SSSR count). The summed E-state index contributed by atoms with van der Waals surface area (Å²) in [5.74, 6) is 1.26. The van der Waals surface area contributed by atoms with E-state index in [-0.39, 0.29) is 5.91 Å². The van der Waals surface area contributed by atoms with Gasteiger partial charge in [0.15, 0.2) is 5.82 Å². The lowest BCUT2D eigenvalue weighted by Gasteiger charge is -2.03. The number of carbonyl (C=O) groups is 1. The molecule has 98 valence electrons. The van der Waals surface area contributed by atoms with E-state index in [1.165, 1.54) is 18.5 Å². The average Bonchev–Trinajstić information content (AvgIpc) is 3.18. The van der Waals surface area contributed by atoms with Crippen LogP contribution in [0.25, 0.3) is 0 Å². The van der Waals surface area contributed by atoms with Crippen molar-refractivity contribution < 1.29 is 4.79 Å². The normalized spacial score (nSPS) is 14.4. The zero-order valence-electron chi connectivity index (χ0n) is 10.9. The topological polar surface area (TPSA) is 57.8 Å². The van der Waals surface area contributed by atoms with Crippen LogP contribution in [0.1, 0.15) is 35.6 Å². The molecule has 4 heteroatoms. The van der Waals surface area contributed by atoms with Crippen LogP contribution >= 0.6 is 0 Å². The van der Waals surface area contributed by atoms with Crippen LogP contribution in [0.2, 0.25) is 0 Å². The average molecular weight is 255 g/mol. The van der Waals surface area contributed by atoms with Gasteiger partial charge in [-0.05, 0) is 25.3 Å². The van der Waals surface area contributed by atoms with Crippen LogP contribution < -0.4 is 5.32 Å². The lowest BCUT2D eigenvalue weighted by Crippen LogP contribution is -2.15. The second-order valence-corrected chi connectivity index (χ2v) is 5.10. The van der Waals surface area contributed by atoms with E-state index < -0.39 is 0 Å². The summed E-state index contributed by atoms with van der Waals surface area (Å²) in [6.45, 7) is 2.01. The number of carbonyl (C=O) groups excluding carboxylic acids is 1. The predicted molar refractivity (Wildman–Crippen MR) is 74.1 cm³/mol. The Morgan fingerprint density at radius 3 is 2.79 bits per heavy atom. The van der Waals surface area contributed by atoms with Gasteiger partial charge in [-0.1, -0.05) is 30.3 Å². The molecule has 2 aromatic rings. The summed E-state index contributed by atoms with van der Waals surface area (Å²) in [6.07, 6.45) is 2.83. The Bertz CT molecular complexity index is 585. The fourth-order valence-corrected chi connectivity index (χ4v) is 2.26. The first-order valence-corrected chi connectivity index (χ1v) is 6.62. The molecule has 0 atom stereocenters. The molecule has 1 saturated carbocycles. The van der Waals surface area contributed by atoms with Crippen molar-refractivity contribution in [3.8, 4) is 0 Å². The summed E-state index contributed by atoms with van der Waals surface area (Å²) in [7, 11) is 0. The zero-order valence-corrected chi connectivity index (χ0v) is 10.9. The lowest BCUT2D eigenvalue weighted by molar-refractivity contribution is -0.115. The molecule has 19 heavy (non-hydrogen) atoms. The lowest BCUT2D eigenvalue weighted by atomic mass is 10.1. The number of rotatable bonds is 4. The van der Waals surface area contributed by atoms with Crippen LogP contribution in [0.4, 0.5) is 5.82 Å². The Balaban J connectivity index is 1.66. The van der Waals surface area contributed by atoms with Crippen LogP contribution in [-0.2, 0) is 11.2 Å². The van der Waals surface area contributed by atoms with E-state index in [0.29, 0.717) is 18.2 Å². The second kappa shape index (κ2) is 4.88. The molecule has 1 aliphatic rings. The molecule has 1 aliphatic carbocycles. The summed E-state index contributed by atoms with van der Waals surface area (Å²) in [4.78, 5) is 12.0. The van der Waals surface area contributed by atoms with Crippen molar-refractivity contribution in [3.05, 3.63) is 47.2 Å². The maximum Gasteiger partial charge on any atom is 0.230 e. The van der Waals surface area contributed by atoms with E-state index in [0.717, 1.165) is 11.1 Å². The predicted octanol–water partition coefficient (Wildman–Crippen LogP) is 2.78. The molecule has 1 heterocycles. The highest BCUT2D eigenvalue weighted by molar-refractivity contribution is 5.92. The van der Waals surface area contributed by atoms with Gasteiger partial charge >= 0.3 is 0 Å². The highest BCUT2D eigenvalue weighted by Crippen LogP contribution is 2.41. The minimum atomic E-state index is -0.0249. The van der Waals surface area contributed by atoms with Crippen LogP contribution in [0.5, 0.6) is 0 Å². The number of aromatic nitrogens is 2. The molecule has 0 aliphatic heterocycles. The van der Waals surface area contributed by atoms with Gasteiger partial charge in [-0.15, -0.1) is 0 Å². The van der Waals surface area contributed by atoms with Crippen molar-refractivity contribution in [3.63, 3.8) is 0 Å². The Labute approximate surface area is 112 Å². The summed E-state index contributed by atoms with van der Waals surface area (Å²) < 4.78 is 0. The molecule has 0 radical (unpaired) electrons. The smallest absolute Gasteiger partial charge is 0.230 e. The molecule has 0 saturated heterocycles. The third-order valence-corrected chi connectivity index (χ3v) is 3.50. The van der Waals surface area contributed by atoms with Crippen molar-refractivity contribution in [2.75, 3.05) is 5.32 Å². The molecule has 1 fully saturated rings. The second-order valence-electron chi connectivity index (χ2n) is 5.10. The number of hydrogen-bond donors (Lipinski definition) is 2. The van der Waals surface area contributed by atoms with Crippen LogP contribution in [0.3, 0.4) is 0 Å². The van der Waals surface area contributed by atoms with E-state index in [1.807, 2.05) is 37.3 Å². The number of benzene rings is 1. The number of hydrogen-bond acceptors (Lipinski definition) is 2. The van der Waals surface area contributed by atoms with E-state index >= 15 is 0 Å². The maximum atomic E-state index is 12.0. The number of amides is 1. The molecule has 1 aromatic heterocycles. The van der Waals surface area contributed by atoms with Gasteiger partial charge in [-0.3, -0.25) is 9.89 Å². The van der Waals surface area contributed by atoms with Gasteiger partial charge in [0.2, 0.25) is 5.91 Å². The summed E-state index contributed by atoms with van der Waals surface area (Å²) >= 11 is 0. The number of H-pyrrole nitrogens is 1. The van der Waals surface area contributed by atoms with Crippen LogP contribution in [0.15, 0.2) is 30.3 Å². The molecule has 1 amide bonds. The summed E-state index contributed by atoms with van der Waals surface area (Å²) in [5.41, 5.74) is 3.26. The van der Waals surface area contributed by atoms with Crippen molar-refractivity contribution in [1.29, 1.82) is 0 Å². The van der Waals surface area contributed by atoms with Crippen molar-refractivity contribution >= 4 is 11.7 Å². The third-order valence-electron chi connectivity index (χ3n) is 3.50. The van der Waals surface area contributed by atoms with Gasteiger partial charge in [0, 0.05) is 17.2 Å². The third kappa shape index (κ3) is 2.67. The highest BCUT2D eigenvalue weighted by atomic mass is 16.1. The molecular formula is C15H17N3O. The SMILES string of the molecule is Cc1c(NC(=O)Cc2ccccc2)n[nH]c1C1CC1. The van der Waals surface area contributed by atoms with Crippen LogP contribution in [0, 0.1) is 6.92 Å². The van der Waals surface area contributed by atoms with Crippen molar-refractivity contribution in [1.82, 2.24) is 10.2 Å². The van der Waals surface area contributed by atoms with Gasteiger partial charge in [-0.2, -0.15) is 5.10 Å². The van der Waals surface area contributed by atoms with Crippen molar-refractivity contribution in [2.24, 2.45) is 0 Å². The quantitative estimate of drug-likeness (QED) is 0.882. The van der Waals surface area contributed by atoms with Crippen LogP contribution in [-0.4, -0.2) is 16.1 Å². The number of nitrogens with zero attached hydrogens (tertiary/aromatic N) is 1. The number of nitrogens with one attached hydrogen (secondary N) is 2. The Kier molecular flexibility index (Phi) is 3.07. The fourth-order valence-electron chi connectivity index (χ4n) is 2.26. The molecule has 1 aromatic carbocycles. The first kappa shape index (κ1) is 12.0. The van der Waals surface area contributed by atoms with E-state index in [1.54, 1.807) is 0 Å². The van der Waals surface area contributed by atoms with Gasteiger partial charge in [-0.25, -0.2) is 0 Å². The van der Waals surface area contributed by atoms with E-state index in [4.69, 9.17) is 0 Å². The van der Waals surface area contributed by atoms with Gasteiger partial charge in [0.05, 0.1) is 6.42 Å². The number of aromatic amines is 1. The molecular weight excluding hydrogens is 238 g/mol.